The minimum Gasteiger partial charge on any atom is -0.395 e. The van der Waals surface area contributed by atoms with Gasteiger partial charge in [0.2, 0.25) is 0 Å². The molecule has 1 unspecified atom stereocenters. The monoisotopic (exact) mass is 266 g/mol. The van der Waals surface area contributed by atoms with Crippen LogP contribution in [0.1, 0.15) is 55.7 Å². The zero-order valence-electron chi connectivity index (χ0n) is 12.5. The number of amides is 1. The van der Waals surface area contributed by atoms with Crippen molar-refractivity contribution < 1.29 is 4.79 Å². The van der Waals surface area contributed by atoms with Gasteiger partial charge in [-0.25, -0.2) is 0 Å². The molecule has 0 radical (unpaired) electrons. The molecule has 0 saturated heterocycles. The van der Waals surface area contributed by atoms with Gasteiger partial charge in [-0.1, -0.05) is 33.1 Å². The highest BCUT2D eigenvalue weighted by Gasteiger charge is 2.18. The average molecular weight is 266 g/mol. The Morgan fingerprint density at radius 1 is 1.47 bits per heavy atom. The van der Waals surface area contributed by atoms with E-state index in [0.717, 1.165) is 12.8 Å². The van der Waals surface area contributed by atoms with Crippen molar-refractivity contribution in [3.05, 3.63) is 11.4 Å². The first-order chi connectivity index (χ1) is 9.01. The molecule has 0 saturated carbocycles. The Kier molecular flexibility index (Phi) is 5.86. The van der Waals surface area contributed by atoms with E-state index < -0.39 is 0 Å². The van der Waals surface area contributed by atoms with E-state index in [1.54, 1.807) is 11.7 Å². The molecule has 0 spiro atoms. The van der Waals surface area contributed by atoms with Crippen LogP contribution in [0.15, 0.2) is 0 Å². The van der Waals surface area contributed by atoms with E-state index in [4.69, 9.17) is 5.73 Å². The highest BCUT2D eigenvalue weighted by Crippen LogP contribution is 2.16. The maximum Gasteiger partial charge on any atom is 0.271 e. The highest BCUT2D eigenvalue weighted by atomic mass is 16.2. The van der Waals surface area contributed by atoms with Crippen LogP contribution in [0.2, 0.25) is 0 Å². The van der Waals surface area contributed by atoms with E-state index in [-0.39, 0.29) is 5.91 Å². The van der Waals surface area contributed by atoms with Crippen molar-refractivity contribution in [1.82, 2.24) is 15.1 Å². The van der Waals surface area contributed by atoms with Gasteiger partial charge in [-0.2, -0.15) is 5.10 Å². The molecule has 1 aromatic rings. The fraction of sp³-hybridized carbons (Fsp3) is 0.714. The van der Waals surface area contributed by atoms with Gasteiger partial charge in [0.25, 0.3) is 5.91 Å². The fourth-order valence-electron chi connectivity index (χ4n) is 2.21. The topological polar surface area (TPSA) is 72.9 Å². The van der Waals surface area contributed by atoms with Gasteiger partial charge in [0, 0.05) is 13.6 Å². The summed E-state index contributed by atoms with van der Waals surface area (Å²) in [6.45, 7) is 6.86. The molecule has 3 N–H and O–H groups in total. The summed E-state index contributed by atoms with van der Waals surface area (Å²) in [7, 11) is 1.74. The Labute approximate surface area is 115 Å². The molecule has 1 atom stereocenters. The molecule has 5 nitrogen and oxygen atoms in total. The number of hydrogen-bond acceptors (Lipinski definition) is 3. The Morgan fingerprint density at radius 3 is 2.63 bits per heavy atom. The quantitative estimate of drug-likeness (QED) is 0.795. The second kappa shape index (κ2) is 7.16. The average Bonchev–Trinajstić information content (AvgIpc) is 2.63. The van der Waals surface area contributed by atoms with Crippen molar-refractivity contribution >= 4 is 11.6 Å². The van der Waals surface area contributed by atoms with E-state index in [1.807, 2.05) is 6.92 Å². The maximum atomic E-state index is 12.1. The summed E-state index contributed by atoms with van der Waals surface area (Å²) >= 11 is 0. The van der Waals surface area contributed by atoms with E-state index >= 15 is 0 Å². The number of anilines is 1. The maximum absolute atomic E-state index is 12.1. The number of nitrogen functional groups attached to an aromatic ring is 1. The zero-order valence-corrected chi connectivity index (χ0v) is 12.5. The van der Waals surface area contributed by atoms with Crippen LogP contribution in [-0.4, -0.2) is 22.2 Å². The summed E-state index contributed by atoms with van der Waals surface area (Å²) < 4.78 is 1.55. The molecule has 5 heteroatoms. The number of hydrogen-bond donors (Lipinski definition) is 2. The van der Waals surface area contributed by atoms with Gasteiger partial charge >= 0.3 is 0 Å². The van der Waals surface area contributed by atoms with Gasteiger partial charge in [0.1, 0.15) is 5.69 Å². The molecule has 108 valence electrons. The smallest absolute Gasteiger partial charge is 0.271 e. The normalized spacial score (nSPS) is 12.4. The molecule has 19 heavy (non-hydrogen) atoms. The summed E-state index contributed by atoms with van der Waals surface area (Å²) in [4.78, 5) is 12.1. The lowest BCUT2D eigenvalue weighted by atomic mass is 9.99. The molecular weight excluding hydrogens is 240 g/mol. The number of unbranched alkanes of at least 4 members (excludes halogenated alkanes) is 1. The predicted octanol–water partition coefficient (Wildman–Crippen LogP) is 2.26. The third-order valence-electron chi connectivity index (χ3n) is 3.58. The van der Waals surface area contributed by atoms with Crippen molar-refractivity contribution in [2.45, 2.75) is 46.5 Å². The first-order valence-corrected chi connectivity index (χ1v) is 7.08. The van der Waals surface area contributed by atoms with Crippen molar-refractivity contribution in [3.63, 3.8) is 0 Å². The molecule has 1 aromatic heterocycles. The van der Waals surface area contributed by atoms with Crippen LogP contribution in [0.25, 0.3) is 0 Å². The van der Waals surface area contributed by atoms with Crippen molar-refractivity contribution in [2.24, 2.45) is 13.0 Å². The third-order valence-corrected chi connectivity index (χ3v) is 3.58. The van der Waals surface area contributed by atoms with Gasteiger partial charge in [0.05, 0.1) is 11.4 Å². The van der Waals surface area contributed by atoms with Crippen LogP contribution in [0.5, 0.6) is 0 Å². The molecule has 0 bridgehead atoms. The summed E-state index contributed by atoms with van der Waals surface area (Å²) in [6, 6.07) is 0. The van der Waals surface area contributed by atoms with E-state index in [0.29, 0.717) is 29.5 Å². The van der Waals surface area contributed by atoms with Crippen molar-refractivity contribution in [3.8, 4) is 0 Å². The number of rotatable bonds is 7. The Morgan fingerprint density at radius 2 is 2.16 bits per heavy atom. The second-order valence-electron chi connectivity index (χ2n) is 5.10. The van der Waals surface area contributed by atoms with Gasteiger partial charge in [0.15, 0.2) is 0 Å². The molecule has 0 aliphatic rings. The zero-order chi connectivity index (χ0) is 14.4. The largest absolute Gasteiger partial charge is 0.395 e. The van der Waals surface area contributed by atoms with Crippen molar-refractivity contribution in [2.75, 3.05) is 12.3 Å². The molecule has 1 rings (SSSR count). The minimum atomic E-state index is -0.129. The number of aryl methyl sites for hydroxylation is 2. The lowest BCUT2D eigenvalue weighted by molar-refractivity contribution is 0.0937. The van der Waals surface area contributed by atoms with Crippen LogP contribution in [0.4, 0.5) is 5.69 Å². The van der Waals surface area contributed by atoms with Crippen molar-refractivity contribution in [1.29, 1.82) is 0 Å². The molecule has 0 aliphatic carbocycles. The number of carbonyl (C=O) groups is 1. The first-order valence-electron chi connectivity index (χ1n) is 7.08. The number of nitrogens with two attached hydrogens (primary N) is 1. The highest BCUT2D eigenvalue weighted by molar-refractivity contribution is 5.97. The van der Waals surface area contributed by atoms with Crippen LogP contribution in [-0.2, 0) is 7.05 Å². The van der Waals surface area contributed by atoms with Gasteiger partial charge in [-0.05, 0) is 19.3 Å². The van der Waals surface area contributed by atoms with Crippen LogP contribution in [0.3, 0.4) is 0 Å². The summed E-state index contributed by atoms with van der Waals surface area (Å²) in [5.74, 6) is 0.412. The molecule has 0 fully saturated rings. The summed E-state index contributed by atoms with van der Waals surface area (Å²) in [5.41, 5.74) is 7.51. The first kappa shape index (κ1) is 15.5. The molecule has 0 aliphatic heterocycles. The fourth-order valence-corrected chi connectivity index (χ4v) is 2.21. The second-order valence-corrected chi connectivity index (χ2v) is 5.10. The minimum absolute atomic E-state index is 0.129. The van der Waals surface area contributed by atoms with E-state index in [1.165, 1.54) is 12.8 Å². The van der Waals surface area contributed by atoms with E-state index in [9.17, 15) is 4.79 Å². The number of aromatic nitrogens is 2. The SMILES string of the molecule is CCCCC(CC)CNC(=O)c1c(N)c(C)nn1C. The Balaban J connectivity index is 2.59. The van der Waals surface area contributed by atoms with Crippen LogP contribution in [0, 0.1) is 12.8 Å². The predicted molar refractivity (Wildman–Crippen MR) is 78.0 cm³/mol. The standard InChI is InChI=1S/C14H26N4O/c1-5-7-8-11(6-2)9-16-14(19)13-12(15)10(3)17-18(13)4/h11H,5-9,15H2,1-4H3,(H,16,19). The summed E-state index contributed by atoms with van der Waals surface area (Å²) in [6.07, 6.45) is 4.65. The summed E-state index contributed by atoms with van der Waals surface area (Å²) in [5, 5.41) is 7.13. The van der Waals surface area contributed by atoms with Crippen LogP contribution >= 0.6 is 0 Å². The Bertz CT molecular complexity index is 425. The lowest BCUT2D eigenvalue weighted by Gasteiger charge is -2.15. The number of nitrogens with one attached hydrogen (secondary N) is 1. The number of nitrogens with zero attached hydrogens (tertiary/aromatic N) is 2. The van der Waals surface area contributed by atoms with Gasteiger partial charge in [-0.3, -0.25) is 9.48 Å². The lowest BCUT2D eigenvalue weighted by Crippen LogP contribution is -2.31. The molecule has 1 amide bonds. The van der Waals surface area contributed by atoms with Gasteiger partial charge in [-0.15, -0.1) is 0 Å². The molecular formula is C14H26N4O. The number of carbonyl (C=O) groups excluding carboxylic acids is 1. The molecule has 0 aromatic carbocycles. The Hall–Kier alpha value is -1.52. The molecule has 1 heterocycles. The van der Waals surface area contributed by atoms with Crippen LogP contribution < -0.4 is 11.1 Å². The third kappa shape index (κ3) is 3.98. The van der Waals surface area contributed by atoms with Gasteiger partial charge < -0.3 is 11.1 Å². The van der Waals surface area contributed by atoms with E-state index in [2.05, 4.69) is 24.3 Å².